The summed E-state index contributed by atoms with van der Waals surface area (Å²) < 4.78 is 0. The maximum atomic E-state index is 10.7. The summed E-state index contributed by atoms with van der Waals surface area (Å²) in [5.74, 6) is 1.10. The monoisotopic (exact) mass is 291 g/mol. The minimum Gasteiger partial charge on any atom is -0.399 e. The van der Waals surface area contributed by atoms with Crippen molar-refractivity contribution < 1.29 is 4.79 Å². The Kier molecular flexibility index (Phi) is 7.06. The molecule has 0 heterocycles. The van der Waals surface area contributed by atoms with Crippen LogP contribution >= 0.6 is 0 Å². The van der Waals surface area contributed by atoms with E-state index in [1.807, 2.05) is 31.1 Å². The van der Waals surface area contributed by atoms with Crippen molar-refractivity contribution in [3.63, 3.8) is 0 Å². The second-order valence-corrected chi connectivity index (χ2v) is 5.92. The molecule has 4 heteroatoms. The van der Waals surface area contributed by atoms with Gasteiger partial charge in [0.25, 0.3) is 0 Å². The number of carbonyl (C=O) groups excluding carboxylic acids is 1. The van der Waals surface area contributed by atoms with Crippen molar-refractivity contribution in [3.8, 4) is 0 Å². The second-order valence-electron chi connectivity index (χ2n) is 5.92. The van der Waals surface area contributed by atoms with Crippen LogP contribution in [0.1, 0.15) is 39.0 Å². The zero-order chi connectivity index (χ0) is 15.8. The fourth-order valence-electron chi connectivity index (χ4n) is 2.68. The number of hydrogen-bond acceptors (Lipinski definition) is 3. The molecule has 0 aromatic heterocycles. The number of anilines is 3. The van der Waals surface area contributed by atoms with Gasteiger partial charge in [-0.05, 0) is 24.1 Å². The average Bonchev–Trinajstić information content (AvgIpc) is 3.00. The standard InChI is InChI=1S/C10H15N3O.C7H14/c1-12(2)9-5-4-8(11)6-10(9)13(3)7-14;1-2-7-5-3-4-6-7/h4-7H,11H2,1-3H3;7H,2-6H2,1H3. The summed E-state index contributed by atoms with van der Waals surface area (Å²) in [4.78, 5) is 14.1. The summed E-state index contributed by atoms with van der Waals surface area (Å²) in [5.41, 5.74) is 8.09. The van der Waals surface area contributed by atoms with Crippen LogP contribution in [0.15, 0.2) is 18.2 Å². The number of carbonyl (C=O) groups is 1. The zero-order valence-electron chi connectivity index (χ0n) is 13.8. The molecule has 0 radical (unpaired) electrons. The van der Waals surface area contributed by atoms with E-state index in [2.05, 4.69) is 6.92 Å². The van der Waals surface area contributed by atoms with E-state index in [0.29, 0.717) is 5.69 Å². The van der Waals surface area contributed by atoms with Gasteiger partial charge in [0.2, 0.25) is 6.41 Å². The number of benzene rings is 1. The van der Waals surface area contributed by atoms with E-state index in [4.69, 9.17) is 5.73 Å². The minimum atomic E-state index is 0.652. The molecule has 1 saturated carbocycles. The SMILES string of the molecule is CCC1CCCC1.CN(C)c1ccc(N)cc1N(C)C=O. The predicted octanol–water partition coefficient (Wildman–Crippen LogP) is 3.51. The average molecular weight is 291 g/mol. The molecule has 1 amide bonds. The van der Waals surface area contributed by atoms with Crippen LogP contribution in [0, 0.1) is 5.92 Å². The molecule has 0 unspecified atom stereocenters. The molecule has 0 spiro atoms. The summed E-state index contributed by atoms with van der Waals surface area (Å²) in [7, 11) is 5.55. The van der Waals surface area contributed by atoms with E-state index in [1.54, 1.807) is 13.1 Å². The Balaban J connectivity index is 0.000000262. The Morgan fingerprint density at radius 3 is 2.24 bits per heavy atom. The van der Waals surface area contributed by atoms with Crippen molar-refractivity contribution in [1.82, 2.24) is 0 Å². The van der Waals surface area contributed by atoms with Gasteiger partial charge in [-0.25, -0.2) is 0 Å². The number of nitrogen functional groups attached to an aromatic ring is 1. The summed E-state index contributed by atoms with van der Waals surface area (Å²) in [6.07, 6.45) is 8.20. The number of rotatable bonds is 4. The summed E-state index contributed by atoms with van der Waals surface area (Å²) in [5, 5.41) is 0. The lowest BCUT2D eigenvalue weighted by Crippen LogP contribution is -2.19. The van der Waals surface area contributed by atoms with Crippen molar-refractivity contribution in [2.75, 3.05) is 36.7 Å². The first kappa shape index (κ1) is 17.3. The third-order valence-corrected chi connectivity index (χ3v) is 4.07. The highest BCUT2D eigenvalue weighted by Crippen LogP contribution is 2.28. The molecule has 2 rings (SSSR count). The van der Waals surface area contributed by atoms with Crippen LogP contribution in [0.5, 0.6) is 0 Å². The van der Waals surface area contributed by atoms with E-state index < -0.39 is 0 Å². The molecule has 1 aromatic rings. The Bertz CT molecular complexity index is 440. The van der Waals surface area contributed by atoms with Gasteiger partial charge in [-0.3, -0.25) is 4.79 Å². The van der Waals surface area contributed by atoms with E-state index in [9.17, 15) is 4.79 Å². The topological polar surface area (TPSA) is 49.6 Å². The molecule has 21 heavy (non-hydrogen) atoms. The zero-order valence-corrected chi connectivity index (χ0v) is 13.8. The maximum absolute atomic E-state index is 10.7. The van der Waals surface area contributed by atoms with Crippen LogP contribution in [0.2, 0.25) is 0 Å². The first-order valence-corrected chi connectivity index (χ1v) is 7.74. The van der Waals surface area contributed by atoms with E-state index >= 15 is 0 Å². The molecule has 1 aliphatic carbocycles. The Labute approximate surface area is 128 Å². The fourth-order valence-corrected chi connectivity index (χ4v) is 2.68. The first-order chi connectivity index (χ1) is 9.99. The third-order valence-electron chi connectivity index (χ3n) is 4.07. The highest BCUT2D eigenvalue weighted by molar-refractivity contribution is 5.85. The lowest BCUT2D eigenvalue weighted by atomic mass is 10.1. The number of nitrogens with two attached hydrogens (primary N) is 1. The Morgan fingerprint density at radius 2 is 1.81 bits per heavy atom. The second kappa shape index (κ2) is 8.55. The van der Waals surface area contributed by atoms with Crippen LogP contribution in [0.25, 0.3) is 0 Å². The van der Waals surface area contributed by atoms with Crippen molar-refractivity contribution in [1.29, 1.82) is 0 Å². The third kappa shape index (κ3) is 5.29. The smallest absolute Gasteiger partial charge is 0.213 e. The largest absolute Gasteiger partial charge is 0.399 e. The van der Waals surface area contributed by atoms with Crippen LogP contribution in [-0.4, -0.2) is 27.6 Å². The fraction of sp³-hybridized carbons (Fsp3) is 0.588. The van der Waals surface area contributed by atoms with Crippen molar-refractivity contribution in [2.24, 2.45) is 5.92 Å². The van der Waals surface area contributed by atoms with Crippen LogP contribution in [0.3, 0.4) is 0 Å². The Hall–Kier alpha value is -1.71. The summed E-state index contributed by atoms with van der Waals surface area (Å²) in [6.45, 7) is 2.30. The van der Waals surface area contributed by atoms with Gasteiger partial charge in [0.15, 0.2) is 0 Å². The van der Waals surface area contributed by atoms with Gasteiger partial charge in [-0.1, -0.05) is 39.0 Å². The van der Waals surface area contributed by atoms with Gasteiger partial charge in [-0.15, -0.1) is 0 Å². The van der Waals surface area contributed by atoms with E-state index in [-0.39, 0.29) is 0 Å². The van der Waals surface area contributed by atoms with Crippen molar-refractivity contribution >= 4 is 23.5 Å². The molecule has 1 fully saturated rings. The molecule has 1 aliphatic rings. The maximum Gasteiger partial charge on any atom is 0.213 e. The van der Waals surface area contributed by atoms with Crippen LogP contribution in [0.4, 0.5) is 17.1 Å². The summed E-state index contributed by atoms with van der Waals surface area (Å²) >= 11 is 0. The summed E-state index contributed by atoms with van der Waals surface area (Å²) in [6, 6.07) is 5.49. The quantitative estimate of drug-likeness (QED) is 0.682. The van der Waals surface area contributed by atoms with Gasteiger partial charge < -0.3 is 15.5 Å². The molecule has 0 saturated heterocycles. The lowest BCUT2D eigenvalue weighted by Gasteiger charge is -2.21. The minimum absolute atomic E-state index is 0.652. The molecule has 0 atom stereocenters. The van der Waals surface area contributed by atoms with E-state index in [0.717, 1.165) is 23.7 Å². The molecule has 118 valence electrons. The van der Waals surface area contributed by atoms with E-state index in [1.165, 1.54) is 37.0 Å². The van der Waals surface area contributed by atoms with Gasteiger partial charge in [-0.2, -0.15) is 0 Å². The van der Waals surface area contributed by atoms with Crippen molar-refractivity contribution in [3.05, 3.63) is 18.2 Å². The normalized spacial score (nSPS) is 14.3. The molecule has 1 aromatic carbocycles. The van der Waals surface area contributed by atoms with Crippen LogP contribution < -0.4 is 15.5 Å². The molecular formula is C17H29N3O. The molecular weight excluding hydrogens is 262 g/mol. The van der Waals surface area contributed by atoms with Gasteiger partial charge in [0, 0.05) is 26.8 Å². The van der Waals surface area contributed by atoms with Gasteiger partial charge >= 0.3 is 0 Å². The van der Waals surface area contributed by atoms with Gasteiger partial charge in [0.1, 0.15) is 0 Å². The highest BCUT2D eigenvalue weighted by Gasteiger charge is 2.11. The number of hydrogen-bond donors (Lipinski definition) is 1. The van der Waals surface area contributed by atoms with Crippen molar-refractivity contribution in [2.45, 2.75) is 39.0 Å². The predicted molar refractivity (Wildman–Crippen MR) is 91.9 cm³/mol. The Morgan fingerprint density at radius 1 is 1.19 bits per heavy atom. The molecule has 0 aliphatic heterocycles. The van der Waals surface area contributed by atoms with Crippen LogP contribution in [-0.2, 0) is 4.79 Å². The number of amides is 1. The molecule has 0 bridgehead atoms. The molecule has 2 N–H and O–H groups in total. The number of nitrogens with zero attached hydrogens (tertiary/aromatic N) is 2. The lowest BCUT2D eigenvalue weighted by molar-refractivity contribution is -0.107. The highest BCUT2D eigenvalue weighted by atomic mass is 16.1. The first-order valence-electron chi connectivity index (χ1n) is 7.74. The van der Waals surface area contributed by atoms with Gasteiger partial charge in [0.05, 0.1) is 11.4 Å². The molecule has 4 nitrogen and oxygen atoms in total.